The van der Waals surface area contributed by atoms with Crippen molar-refractivity contribution in [2.75, 3.05) is 20.2 Å². The average molecular weight is 320 g/mol. The second-order valence-electron chi connectivity index (χ2n) is 6.07. The van der Waals surface area contributed by atoms with E-state index in [1.165, 1.54) is 13.2 Å². The van der Waals surface area contributed by atoms with E-state index in [0.29, 0.717) is 12.1 Å². The normalized spacial score (nSPS) is 18.3. The number of nitrogens with zero attached hydrogens (tertiary/aromatic N) is 1. The summed E-state index contributed by atoms with van der Waals surface area (Å²) in [5.74, 6) is -1.09. The molecule has 1 aromatic heterocycles. The maximum Gasteiger partial charge on any atom is 0.333 e. The summed E-state index contributed by atoms with van der Waals surface area (Å²) in [6, 6.07) is 5.13. The summed E-state index contributed by atoms with van der Waals surface area (Å²) in [5.41, 5.74) is 1.63. The summed E-state index contributed by atoms with van der Waals surface area (Å²) in [5, 5.41) is 10.1. The first-order valence-electron chi connectivity index (χ1n) is 7.82. The van der Waals surface area contributed by atoms with Crippen molar-refractivity contribution < 1.29 is 19.0 Å². The number of halogens is 1. The van der Waals surface area contributed by atoms with Gasteiger partial charge in [-0.1, -0.05) is 0 Å². The van der Waals surface area contributed by atoms with E-state index in [2.05, 4.69) is 9.88 Å². The number of ether oxygens (including phenoxy) is 1. The van der Waals surface area contributed by atoms with E-state index in [-0.39, 0.29) is 11.7 Å². The second kappa shape index (κ2) is 6.68. The maximum absolute atomic E-state index is 14.2. The van der Waals surface area contributed by atoms with Gasteiger partial charge in [0, 0.05) is 36.3 Å². The van der Waals surface area contributed by atoms with Crippen molar-refractivity contribution >= 4 is 16.9 Å². The first-order valence-corrected chi connectivity index (χ1v) is 7.82. The molecule has 3 rings (SSSR count). The molecule has 2 N–H and O–H groups in total. The predicted octanol–water partition coefficient (Wildman–Crippen LogP) is 2.62. The number of hydrogen-bond acceptors (Lipinski definition) is 3. The Morgan fingerprint density at radius 3 is 2.83 bits per heavy atom. The molecule has 23 heavy (non-hydrogen) atoms. The van der Waals surface area contributed by atoms with E-state index in [9.17, 15) is 9.18 Å². The molecule has 1 fully saturated rings. The fourth-order valence-electron chi connectivity index (χ4n) is 3.46. The van der Waals surface area contributed by atoms with Crippen LogP contribution in [-0.2, 0) is 16.1 Å². The van der Waals surface area contributed by atoms with Crippen LogP contribution in [0.5, 0.6) is 0 Å². The van der Waals surface area contributed by atoms with Crippen molar-refractivity contribution in [3.05, 3.63) is 35.8 Å². The molecular weight excluding hydrogens is 299 g/mol. The van der Waals surface area contributed by atoms with Crippen molar-refractivity contribution in [2.24, 2.45) is 5.92 Å². The largest absolute Gasteiger partial charge is 0.479 e. The smallest absolute Gasteiger partial charge is 0.333 e. The van der Waals surface area contributed by atoms with Crippen LogP contribution < -0.4 is 0 Å². The lowest BCUT2D eigenvalue weighted by molar-refractivity contribution is -0.153. The van der Waals surface area contributed by atoms with E-state index in [1.807, 2.05) is 12.3 Å². The van der Waals surface area contributed by atoms with Crippen molar-refractivity contribution in [1.82, 2.24) is 9.88 Å². The number of benzene rings is 1. The number of rotatable bonds is 5. The number of carboxylic acids is 1. The summed E-state index contributed by atoms with van der Waals surface area (Å²) in [6.07, 6.45) is 2.56. The van der Waals surface area contributed by atoms with E-state index >= 15 is 0 Å². The van der Waals surface area contributed by atoms with E-state index in [4.69, 9.17) is 9.84 Å². The topological polar surface area (TPSA) is 65.6 Å². The molecule has 0 spiro atoms. The number of likely N-dealkylation sites (tertiary alicyclic amines) is 1. The number of methoxy groups -OCH3 is 1. The number of H-pyrrole nitrogens is 1. The van der Waals surface area contributed by atoms with Gasteiger partial charge in [0.2, 0.25) is 0 Å². The molecule has 1 aromatic carbocycles. The van der Waals surface area contributed by atoms with E-state index in [0.717, 1.165) is 36.8 Å². The first-order chi connectivity index (χ1) is 11.1. The number of carboxylic acid groups (broad SMARTS) is 1. The van der Waals surface area contributed by atoms with Gasteiger partial charge in [0.05, 0.1) is 0 Å². The van der Waals surface area contributed by atoms with Gasteiger partial charge in [0.1, 0.15) is 5.82 Å². The predicted molar refractivity (Wildman–Crippen MR) is 84.7 cm³/mol. The number of carbonyl (C=O) groups is 1. The molecule has 2 aromatic rings. The Hall–Kier alpha value is -1.92. The monoisotopic (exact) mass is 320 g/mol. The highest BCUT2D eigenvalue weighted by Gasteiger charge is 2.31. The van der Waals surface area contributed by atoms with Gasteiger partial charge in [0.25, 0.3) is 0 Å². The van der Waals surface area contributed by atoms with Crippen LogP contribution in [0.25, 0.3) is 10.9 Å². The molecule has 1 unspecified atom stereocenters. The minimum Gasteiger partial charge on any atom is -0.479 e. The summed E-state index contributed by atoms with van der Waals surface area (Å²) < 4.78 is 19.3. The highest BCUT2D eigenvalue weighted by Crippen LogP contribution is 2.27. The van der Waals surface area contributed by atoms with Gasteiger partial charge >= 0.3 is 5.97 Å². The molecule has 1 aliphatic heterocycles. The van der Waals surface area contributed by atoms with Gasteiger partial charge in [-0.25, -0.2) is 9.18 Å². The molecule has 0 bridgehead atoms. The summed E-state index contributed by atoms with van der Waals surface area (Å²) in [7, 11) is 1.44. The number of aliphatic carboxylic acids is 1. The zero-order valence-corrected chi connectivity index (χ0v) is 13.1. The molecule has 0 radical (unpaired) electrons. The number of nitrogens with one attached hydrogen (secondary N) is 1. The molecule has 6 heteroatoms. The van der Waals surface area contributed by atoms with E-state index < -0.39 is 12.1 Å². The third-order valence-electron chi connectivity index (χ3n) is 4.73. The van der Waals surface area contributed by atoms with Crippen molar-refractivity contribution in [3.63, 3.8) is 0 Å². The van der Waals surface area contributed by atoms with Crippen molar-refractivity contribution in [2.45, 2.75) is 25.5 Å². The van der Waals surface area contributed by atoms with Crippen LogP contribution in [0.3, 0.4) is 0 Å². The Balaban J connectivity index is 1.68. The Bertz CT molecular complexity index is 692. The maximum atomic E-state index is 14.2. The Morgan fingerprint density at radius 1 is 1.43 bits per heavy atom. The zero-order chi connectivity index (χ0) is 16.4. The van der Waals surface area contributed by atoms with Gasteiger partial charge in [-0.2, -0.15) is 0 Å². The van der Waals surface area contributed by atoms with Crippen LogP contribution >= 0.6 is 0 Å². The molecule has 124 valence electrons. The van der Waals surface area contributed by atoms with Crippen LogP contribution in [-0.4, -0.2) is 47.3 Å². The van der Waals surface area contributed by atoms with Gasteiger partial charge < -0.3 is 14.8 Å². The molecule has 1 saturated heterocycles. The van der Waals surface area contributed by atoms with Crippen LogP contribution in [0.4, 0.5) is 4.39 Å². The third kappa shape index (κ3) is 3.23. The third-order valence-corrected chi connectivity index (χ3v) is 4.73. The highest BCUT2D eigenvalue weighted by atomic mass is 19.1. The fourth-order valence-corrected chi connectivity index (χ4v) is 3.46. The SMILES string of the molecule is COC(C(=O)O)C1CCN(Cc2c(F)ccc3[nH]ccc23)CC1. The Labute approximate surface area is 134 Å². The van der Waals surface area contributed by atoms with Gasteiger partial charge in [-0.05, 0) is 50.0 Å². The number of hydrogen-bond donors (Lipinski definition) is 2. The van der Waals surface area contributed by atoms with Crippen LogP contribution in [0.2, 0.25) is 0 Å². The fraction of sp³-hybridized carbons (Fsp3) is 0.471. The molecule has 1 atom stereocenters. The molecule has 1 aliphatic rings. The average Bonchev–Trinajstić information content (AvgIpc) is 3.01. The lowest BCUT2D eigenvalue weighted by Crippen LogP contribution is -2.41. The van der Waals surface area contributed by atoms with Crippen molar-refractivity contribution in [3.8, 4) is 0 Å². The van der Waals surface area contributed by atoms with Crippen LogP contribution in [0.1, 0.15) is 18.4 Å². The van der Waals surface area contributed by atoms with Crippen molar-refractivity contribution in [1.29, 1.82) is 0 Å². The lowest BCUT2D eigenvalue weighted by Gasteiger charge is -2.34. The van der Waals surface area contributed by atoms with Gasteiger partial charge in [-0.15, -0.1) is 0 Å². The number of fused-ring (bicyclic) bond motifs is 1. The Morgan fingerprint density at radius 2 is 2.17 bits per heavy atom. The highest BCUT2D eigenvalue weighted by molar-refractivity contribution is 5.83. The summed E-state index contributed by atoms with van der Waals surface area (Å²) >= 11 is 0. The quantitative estimate of drug-likeness (QED) is 0.889. The lowest BCUT2D eigenvalue weighted by atomic mass is 9.91. The summed E-state index contributed by atoms with van der Waals surface area (Å²) in [4.78, 5) is 16.4. The number of aromatic nitrogens is 1. The van der Waals surface area contributed by atoms with Gasteiger partial charge in [0.15, 0.2) is 6.10 Å². The molecule has 0 amide bonds. The van der Waals surface area contributed by atoms with E-state index in [1.54, 1.807) is 6.07 Å². The minimum absolute atomic E-state index is 0.0154. The van der Waals surface area contributed by atoms with Crippen LogP contribution in [0, 0.1) is 11.7 Å². The second-order valence-corrected chi connectivity index (χ2v) is 6.07. The molecule has 5 nitrogen and oxygen atoms in total. The van der Waals surface area contributed by atoms with Gasteiger partial charge in [-0.3, -0.25) is 4.90 Å². The Kier molecular flexibility index (Phi) is 4.63. The number of aromatic amines is 1. The zero-order valence-electron chi connectivity index (χ0n) is 13.1. The first kappa shape index (κ1) is 16.0. The molecule has 0 aliphatic carbocycles. The van der Waals surface area contributed by atoms with Crippen LogP contribution in [0.15, 0.2) is 24.4 Å². The standard InChI is InChI=1S/C17H21FN2O3/c1-23-16(17(21)22)11-5-8-20(9-6-11)10-13-12-4-7-19-15(12)3-2-14(13)18/h2-4,7,11,16,19H,5-6,8-10H2,1H3,(H,21,22). The molecule has 2 heterocycles. The molecule has 0 saturated carbocycles. The number of piperidine rings is 1. The summed E-state index contributed by atoms with van der Waals surface area (Å²) in [6.45, 7) is 2.04. The molecular formula is C17H21FN2O3. The minimum atomic E-state index is -0.908.